The first-order valence-corrected chi connectivity index (χ1v) is 10.2. The van der Waals surface area contributed by atoms with Crippen LogP contribution >= 0.6 is 0 Å². The molecule has 3 rings (SSSR count). The third kappa shape index (κ3) is 3.64. The van der Waals surface area contributed by atoms with Crippen molar-refractivity contribution < 1.29 is 24.5 Å². The third-order valence-electron chi connectivity index (χ3n) is 6.70. The van der Waals surface area contributed by atoms with Crippen LogP contribution in [0, 0.1) is 10.8 Å². The molecule has 1 unspecified atom stereocenters. The molecule has 0 aromatic heterocycles. The first-order valence-electron chi connectivity index (χ1n) is 10.2. The quantitative estimate of drug-likeness (QED) is 0.405. The topological polar surface area (TPSA) is 76.0 Å². The molecule has 0 heterocycles. The van der Waals surface area contributed by atoms with Crippen LogP contribution in [0.4, 0.5) is 0 Å². The number of aromatic hydroxyl groups is 1. The number of benzene rings is 1. The summed E-state index contributed by atoms with van der Waals surface area (Å²) in [6, 6.07) is 4.43. The van der Waals surface area contributed by atoms with E-state index < -0.39 is 18.2 Å². The van der Waals surface area contributed by atoms with E-state index in [4.69, 9.17) is 9.47 Å². The number of carbonyl (C=O) groups excluding carboxylic acids is 1. The number of aliphatic hydroxyl groups excluding tert-OH is 1. The van der Waals surface area contributed by atoms with E-state index in [0.29, 0.717) is 12.2 Å². The Hall–Kier alpha value is -2.01. The highest BCUT2D eigenvalue weighted by molar-refractivity contribution is 5.90. The fourth-order valence-corrected chi connectivity index (χ4v) is 4.78. The maximum atomic E-state index is 12.5. The Bertz CT molecular complexity index is 770. The maximum absolute atomic E-state index is 12.5. The number of rotatable bonds is 7. The molecule has 5 heteroatoms. The Morgan fingerprint density at radius 1 is 1.32 bits per heavy atom. The number of hydrogen-bond donors (Lipinski definition) is 2. The highest BCUT2D eigenvalue weighted by Crippen LogP contribution is 2.71. The van der Waals surface area contributed by atoms with E-state index in [2.05, 4.69) is 19.9 Å². The Balaban J connectivity index is 1.69. The van der Waals surface area contributed by atoms with Crippen LogP contribution in [0.5, 0.6) is 11.5 Å². The van der Waals surface area contributed by atoms with Gasteiger partial charge < -0.3 is 19.7 Å². The number of esters is 1. The van der Waals surface area contributed by atoms with Crippen LogP contribution in [0.2, 0.25) is 0 Å². The molecule has 0 radical (unpaired) electrons. The van der Waals surface area contributed by atoms with Gasteiger partial charge in [-0.15, -0.1) is 0 Å². The van der Waals surface area contributed by atoms with Crippen molar-refractivity contribution in [1.29, 1.82) is 0 Å². The van der Waals surface area contributed by atoms with E-state index in [1.165, 1.54) is 38.5 Å². The minimum atomic E-state index is -0.514. The van der Waals surface area contributed by atoms with Crippen LogP contribution < -0.4 is 4.74 Å². The number of hydrogen-bond acceptors (Lipinski definition) is 5. The molecule has 1 aromatic rings. The van der Waals surface area contributed by atoms with Gasteiger partial charge >= 0.3 is 5.97 Å². The zero-order valence-electron chi connectivity index (χ0n) is 17.3. The zero-order valence-corrected chi connectivity index (χ0v) is 17.3. The minimum Gasteiger partial charge on any atom is -0.504 e. The van der Waals surface area contributed by atoms with E-state index >= 15 is 0 Å². The summed E-state index contributed by atoms with van der Waals surface area (Å²) in [5.41, 5.74) is 1.22. The summed E-state index contributed by atoms with van der Waals surface area (Å²) >= 11 is 0. The van der Waals surface area contributed by atoms with Crippen molar-refractivity contribution in [2.75, 3.05) is 7.11 Å². The average Bonchev–Trinajstić information content (AvgIpc) is 3.24. The molecule has 2 N–H and O–H groups in total. The lowest BCUT2D eigenvalue weighted by atomic mass is 9.77. The molecule has 1 spiro atoms. The van der Waals surface area contributed by atoms with Gasteiger partial charge in [-0.25, -0.2) is 4.79 Å². The Labute approximate surface area is 167 Å². The molecule has 28 heavy (non-hydrogen) atoms. The van der Waals surface area contributed by atoms with Crippen molar-refractivity contribution in [2.24, 2.45) is 10.8 Å². The SMILES string of the molecule is CCCCCC1(C)C[C@@]12C=C(C)[C@H](OC(=O)c1ccc(OC)c(O)c1)C[C@H]2O. The van der Waals surface area contributed by atoms with Gasteiger partial charge in [0.1, 0.15) is 6.10 Å². The van der Waals surface area contributed by atoms with E-state index in [1.54, 1.807) is 6.07 Å². The molecule has 2 aliphatic rings. The molecule has 0 aliphatic heterocycles. The van der Waals surface area contributed by atoms with Crippen LogP contribution in [0.1, 0.15) is 69.7 Å². The number of ether oxygens (including phenoxy) is 2. The fraction of sp³-hybridized carbons (Fsp3) is 0.609. The number of aliphatic hydroxyl groups is 1. The third-order valence-corrected chi connectivity index (χ3v) is 6.70. The summed E-state index contributed by atoms with van der Waals surface area (Å²) < 4.78 is 10.7. The van der Waals surface area contributed by atoms with Gasteiger partial charge in [0.15, 0.2) is 11.5 Å². The second kappa shape index (κ2) is 7.78. The highest BCUT2D eigenvalue weighted by Gasteiger charge is 2.67. The summed E-state index contributed by atoms with van der Waals surface area (Å²) in [7, 11) is 1.45. The van der Waals surface area contributed by atoms with Gasteiger partial charge in [-0.05, 0) is 49.0 Å². The predicted octanol–water partition coefficient (Wildman–Crippen LogP) is 4.61. The number of unbranched alkanes of at least 4 members (excludes halogenated alkanes) is 2. The smallest absolute Gasteiger partial charge is 0.338 e. The average molecular weight is 389 g/mol. The molecule has 154 valence electrons. The first-order chi connectivity index (χ1) is 13.3. The van der Waals surface area contributed by atoms with E-state index in [9.17, 15) is 15.0 Å². The number of carbonyl (C=O) groups is 1. The van der Waals surface area contributed by atoms with E-state index in [0.717, 1.165) is 18.4 Å². The van der Waals surface area contributed by atoms with Gasteiger partial charge in [-0.3, -0.25) is 0 Å². The Kier molecular flexibility index (Phi) is 5.76. The Morgan fingerprint density at radius 3 is 2.71 bits per heavy atom. The number of phenolic OH excluding ortho intramolecular Hbond substituents is 1. The van der Waals surface area contributed by atoms with Crippen molar-refractivity contribution in [3.63, 3.8) is 0 Å². The van der Waals surface area contributed by atoms with Gasteiger partial charge in [-0.1, -0.05) is 39.2 Å². The lowest BCUT2D eigenvalue weighted by molar-refractivity contribution is 0.00302. The highest BCUT2D eigenvalue weighted by atomic mass is 16.5. The van der Waals surface area contributed by atoms with Crippen molar-refractivity contribution in [1.82, 2.24) is 0 Å². The largest absolute Gasteiger partial charge is 0.504 e. The van der Waals surface area contributed by atoms with Gasteiger partial charge in [-0.2, -0.15) is 0 Å². The van der Waals surface area contributed by atoms with Gasteiger partial charge in [0.2, 0.25) is 0 Å². The lowest BCUT2D eigenvalue weighted by Crippen LogP contribution is -2.37. The molecule has 4 atom stereocenters. The molecule has 0 saturated heterocycles. The van der Waals surface area contributed by atoms with Gasteiger partial charge in [0, 0.05) is 11.8 Å². The van der Waals surface area contributed by atoms with Crippen LogP contribution in [-0.2, 0) is 4.74 Å². The minimum absolute atomic E-state index is 0.104. The van der Waals surface area contributed by atoms with Gasteiger partial charge in [0.05, 0.1) is 18.8 Å². The summed E-state index contributed by atoms with van der Waals surface area (Å²) in [6.07, 6.45) is 7.33. The molecule has 1 fully saturated rings. The lowest BCUT2D eigenvalue weighted by Gasteiger charge is -2.34. The van der Waals surface area contributed by atoms with Crippen molar-refractivity contribution in [3.05, 3.63) is 35.4 Å². The standard InChI is InChI=1S/C23H32O5/c1-5-6-7-10-22(3)14-23(22)13-15(2)19(12-20(23)25)28-21(26)16-8-9-18(27-4)17(24)11-16/h8-9,11,13,19-20,24-25H,5-7,10,12,14H2,1-4H3/t19-,20-,22?,23-/m1/s1. The summed E-state index contributed by atoms with van der Waals surface area (Å²) in [4.78, 5) is 12.5. The van der Waals surface area contributed by atoms with E-state index in [1.807, 2.05) is 6.92 Å². The molecular weight excluding hydrogens is 356 g/mol. The first kappa shape index (κ1) is 20.7. The molecule has 5 nitrogen and oxygen atoms in total. The maximum Gasteiger partial charge on any atom is 0.338 e. The molecule has 0 bridgehead atoms. The van der Waals surface area contributed by atoms with E-state index in [-0.39, 0.29) is 22.1 Å². The predicted molar refractivity (Wildman–Crippen MR) is 108 cm³/mol. The molecule has 2 aliphatic carbocycles. The van der Waals surface area contributed by atoms with Crippen molar-refractivity contribution in [3.8, 4) is 11.5 Å². The van der Waals surface area contributed by atoms with Crippen LogP contribution in [0.25, 0.3) is 0 Å². The summed E-state index contributed by atoms with van der Waals surface area (Å²) in [6.45, 7) is 6.44. The Morgan fingerprint density at radius 2 is 2.07 bits per heavy atom. The van der Waals surface area contributed by atoms with Crippen LogP contribution in [-0.4, -0.2) is 35.5 Å². The van der Waals surface area contributed by atoms with Crippen LogP contribution in [0.15, 0.2) is 29.8 Å². The second-order valence-electron chi connectivity index (χ2n) is 8.66. The zero-order chi connectivity index (χ0) is 20.5. The van der Waals surface area contributed by atoms with Crippen molar-refractivity contribution in [2.45, 2.75) is 71.5 Å². The fourth-order valence-electron chi connectivity index (χ4n) is 4.78. The molecule has 1 saturated carbocycles. The molecular formula is C23H32O5. The number of methoxy groups -OCH3 is 1. The second-order valence-corrected chi connectivity index (χ2v) is 8.66. The summed E-state index contributed by atoms with van der Waals surface area (Å²) in [5.74, 6) is -0.313. The number of phenols is 1. The molecule has 1 aromatic carbocycles. The van der Waals surface area contributed by atoms with Gasteiger partial charge in [0.25, 0.3) is 0 Å². The van der Waals surface area contributed by atoms with Crippen LogP contribution in [0.3, 0.4) is 0 Å². The molecule has 0 amide bonds. The normalized spacial score (nSPS) is 31.4. The van der Waals surface area contributed by atoms with Crippen molar-refractivity contribution >= 4 is 5.97 Å². The summed E-state index contributed by atoms with van der Waals surface area (Å²) in [5, 5.41) is 20.8. The monoisotopic (exact) mass is 388 g/mol.